The SMILES string of the molecule is CCOC(=O)/C=C1\CCCCC1(OC)OC. The Morgan fingerprint density at radius 3 is 2.62 bits per heavy atom. The Bertz CT molecular complexity index is 266. The Morgan fingerprint density at radius 2 is 2.06 bits per heavy atom. The van der Waals surface area contributed by atoms with Crippen LogP contribution in [0.2, 0.25) is 0 Å². The average Bonchev–Trinajstić information content (AvgIpc) is 2.30. The number of carbonyl (C=O) groups is 1. The zero-order valence-corrected chi connectivity index (χ0v) is 10.2. The molecule has 0 spiro atoms. The number of hydrogen-bond acceptors (Lipinski definition) is 4. The Hall–Kier alpha value is -0.870. The zero-order chi connectivity index (χ0) is 12.0. The molecular formula is C12H20O4. The van der Waals surface area contributed by atoms with Crippen LogP contribution < -0.4 is 0 Å². The van der Waals surface area contributed by atoms with E-state index in [-0.39, 0.29) is 5.97 Å². The molecule has 0 aromatic rings. The summed E-state index contributed by atoms with van der Waals surface area (Å²) in [6, 6.07) is 0. The van der Waals surface area contributed by atoms with Crippen molar-refractivity contribution < 1.29 is 19.0 Å². The topological polar surface area (TPSA) is 44.8 Å². The number of rotatable bonds is 4. The summed E-state index contributed by atoms with van der Waals surface area (Å²) in [5.74, 6) is -1.05. The highest BCUT2D eigenvalue weighted by Crippen LogP contribution is 2.36. The molecule has 4 nitrogen and oxygen atoms in total. The fourth-order valence-corrected chi connectivity index (χ4v) is 2.08. The summed E-state index contributed by atoms with van der Waals surface area (Å²) in [5.41, 5.74) is 0.877. The first-order valence-electron chi connectivity index (χ1n) is 5.66. The minimum atomic E-state index is -0.731. The molecule has 92 valence electrons. The van der Waals surface area contributed by atoms with Crippen molar-refractivity contribution in [3.8, 4) is 0 Å². The molecule has 16 heavy (non-hydrogen) atoms. The summed E-state index contributed by atoms with van der Waals surface area (Å²) >= 11 is 0. The molecule has 1 aliphatic carbocycles. The first-order valence-corrected chi connectivity index (χ1v) is 5.66. The van der Waals surface area contributed by atoms with E-state index in [1.165, 1.54) is 6.08 Å². The minimum Gasteiger partial charge on any atom is -0.463 e. The van der Waals surface area contributed by atoms with Crippen molar-refractivity contribution in [1.82, 2.24) is 0 Å². The molecule has 1 aliphatic rings. The Balaban J connectivity index is 2.84. The fraction of sp³-hybridized carbons (Fsp3) is 0.750. The van der Waals surface area contributed by atoms with E-state index in [9.17, 15) is 4.79 Å². The standard InChI is InChI=1S/C12H20O4/c1-4-16-11(13)9-10-7-5-6-8-12(10,14-2)15-3/h9H,4-8H2,1-3H3/b10-9+. The lowest BCUT2D eigenvalue weighted by Crippen LogP contribution is -2.38. The number of hydrogen-bond donors (Lipinski definition) is 0. The molecule has 0 unspecified atom stereocenters. The van der Waals surface area contributed by atoms with E-state index in [2.05, 4.69) is 0 Å². The van der Waals surface area contributed by atoms with E-state index in [0.29, 0.717) is 6.61 Å². The van der Waals surface area contributed by atoms with Crippen molar-refractivity contribution in [3.05, 3.63) is 11.6 Å². The van der Waals surface area contributed by atoms with Crippen LogP contribution in [0.4, 0.5) is 0 Å². The molecule has 0 heterocycles. The molecule has 0 radical (unpaired) electrons. The van der Waals surface area contributed by atoms with Gasteiger partial charge in [-0.2, -0.15) is 0 Å². The van der Waals surface area contributed by atoms with Gasteiger partial charge in [0.2, 0.25) is 0 Å². The van der Waals surface area contributed by atoms with Crippen LogP contribution in [0, 0.1) is 0 Å². The smallest absolute Gasteiger partial charge is 0.330 e. The summed E-state index contributed by atoms with van der Waals surface area (Å²) in [6.45, 7) is 2.17. The van der Waals surface area contributed by atoms with Gasteiger partial charge >= 0.3 is 5.97 Å². The Labute approximate surface area is 96.6 Å². The van der Waals surface area contributed by atoms with Crippen molar-refractivity contribution in [3.63, 3.8) is 0 Å². The van der Waals surface area contributed by atoms with Gasteiger partial charge in [-0.3, -0.25) is 0 Å². The molecular weight excluding hydrogens is 208 g/mol. The van der Waals surface area contributed by atoms with Crippen LogP contribution in [0.1, 0.15) is 32.6 Å². The maximum absolute atomic E-state index is 11.4. The van der Waals surface area contributed by atoms with Gasteiger partial charge in [0.05, 0.1) is 6.61 Å². The summed E-state index contributed by atoms with van der Waals surface area (Å²) in [6.07, 6.45) is 5.21. The average molecular weight is 228 g/mol. The highest BCUT2D eigenvalue weighted by molar-refractivity contribution is 5.83. The highest BCUT2D eigenvalue weighted by atomic mass is 16.7. The monoisotopic (exact) mass is 228 g/mol. The molecule has 4 heteroatoms. The number of esters is 1. The van der Waals surface area contributed by atoms with Gasteiger partial charge in [-0.05, 0) is 31.8 Å². The fourth-order valence-electron chi connectivity index (χ4n) is 2.08. The van der Waals surface area contributed by atoms with Gasteiger partial charge in [0.15, 0.2) is 5.79 Å². The Morgan fingerprint density at radius 1 is 1.38 bits per heavy atom. The molecule has 1 rings (SSSR count). The molecule has 0 aliphatic heterocycles. The quantitative estimate of drug-likeness (QED) is 0.419. The third-order valence-electron chi connectivity index (χ3n) is 2.93. The van der Waals surface area contributed by atoms with Gasteiger partial charge in [0.1, 0.15) is 0 Å². The summed E-state index contributed by atoms with van der Waals surface area (Å²) in [4.78, 5) is 11.4. The summed E-state index contributed by atoms with van der Waals surface area (Å²) in [5, 5.41) is 0. The van der Waals surface area contributed by atoms with E-state index >= 15 is 0 Å². The number of methoxy groups -OCH3 is 2. The van der Waals surface area contributed by atoms with Gasteiger partial charge in [-0.15, -0.1) is 0 Å². The van der Waals surface area contributed by atoms with E-state index in [1.54, 1.807) is 21.1 Å². The van der Waals surface area contributed by atoms with Crippen LogP contribution in [0.25, 0.3) is 0 Å². The second-order valence-corrected chi connectivity index (χ2v) is 3.79. The van der Waals surface area contributed by atoms with Crippen LogP contribution in [-0.4, -0.2) is 32.6 Å². The molecule has 0 N–H and O–H groups in total. The molecule has 0 aromatic carbocycles. The third kappa shape index (κ3) is 2.83. The molecule has 0 amide bonds. The van der Waals surface area contributed by atoms with E-state index in [1.807, 2.05) is 0 Å². The zero-order valence-electron chi connectivity index (χ0n) is 10.2. The van der Waals surface area contributed by atoms with Gasteiger partial charge in [0.25, 0.3) is 0 Å². The van der Waals surface area contributed by atoms with Crippen molar-refractivity contribution >= 4 is 5.97 Å². The van der Waals surface area contributed by atoms with Crippen LogP contribution in [0.15, 0.2) is 11.6 Å². The van der Waals surface area contributed by atoms with Crippen LogP contribution >= 0.6 is 0 Å². The van der Waals surface area contributed by atoms with E-state index in [4.69, 9.17) is 14.2 Å². The number of ether oxygens (including phenoxy) is 3. The van der Waals surface area contributed by atoms with Crippen LogP contribution in [0.3, 0.4) is 0 Å². The second kappa shape index (κ2) is 6.01. The maximum atomic E-state index is 11.4. The summed E-state index contributed by atoms with van der Waals surface area (Å²) < 4.78 is 15.7. The normalized spacial score (nSPS) is 22.1. The lowest BCUT2D eigenvalue weighted by Gasteiger charge is -2.36. The molecule has 0 aromatic heterocycles. The van der Waals surface area contributed by atoms with Crippen molar-refractivity contribution in [2.75, 3.05) is 20.8 Å². The van der Waals surface area contributed by atoms with E-state index < -0.39 is 5.79 Å². The molecule has 1 saturated carbocycles. The first-order chi connectivity index (χ1) is 7.68. The third-order valence-corrected chi connectivity index (χ3v) is 2.93. The highest BCUT2D eigenvalue weighted by Gasteiger charge is 2.37. The first kappa shape index (κ1) is 13.2. The molecule has 0 atom stereocenters. The number of carbonyl (C=O) groups excluding carboxylic acids is 1. The molecule has 1 fully saturated rings. The lowest BCUT2D eigenvalue weighted by molar-refractivity contribution is -0.190. The van der Waals surface area contributed by atoms with Crippen LogP contribution in [0.5, 0.6) is 0 Å². The largest absolute Gasteiger partial charge is 0.463 e. The van der Waals surface area contributed by atoms with Crippen LogP contribution in [-0.2, 0) is 19.0 Å². The van der Waals surface area contributed by atoms with Gasteiger partial charge in [-0.25, -0.2) is 4.79 Å². The van der Waals surface area contributed by atoms with E-state index in [0.717, 1.165) is 31.3 Å². The Kier molecular flexibility index (Phi) is 4.96. The van der Waals surface area contributed by atoms with Gasteiger partial charge in [0, 0.05) is 26.7 Å². The van der Waals surface area contributed by atoms with Crippen molar-refractivity contribution in [2.45, 2.75) is 38.4 Å². The van der Waals surface area contributed by atoms with Gasteiger partial charge < -0.3 is 14.2 Å². The molecule has 0 saturated heterocycles. The predicted octanol–water partition coefficient (Wildman–Crippen LogP) is 2.04. The van der Waals surface area contributed by atoms with Crippen molar-refractivity contribution in [2.24, 2.45) is 0 Å². The maximum Gasteiger partial charge on any atom is 0.330 e. The lowest BCUT2D eigenvalue weighted by atomic mass is 9.88. The molecule has 0 bridgehead atoms. The second-order valence-electron chi connectivity index (χ2n) is 3.79. The summed E-state index contributed by atoms with van der Waals surface area (Å²) in [7, 11) is 3.21. The van der Waals surface area contributed by atoms with Crippen molar-refractivity contribution in [1.29, 1.82) is 0 Å². The van der Waals surface area contributed by atoms with Gasteiger partial charge in [-0.1, -0.05) is 0 Å². The minimum absolute atomic E-state index is 0.321. The predicted molar refractivity (Wildman–Crippen MR) is 59.9 cm³/mol.